The zero-order valence-corrected chi connectivity index (χ0v) is 13.2. The molecule has 3 nitrogen and oxygen atoms in total. The van der Waals surface area contributed by atoms with Gasteiger partial charge >= 0.3 is 0 Å². The third kappa shape index (κ3) is 2.84. The molecule has 0 amide bonds. The monoisotopic (exact) mass is 267 g/mol. The van der Waals surface area contributed by atoms with Crippen molar-refractivity contribution in [2.24, 2.45) is 11.7 Å². The van der Waals surface area contributed by atoms with Gasteiger partial charge in [0.25, 0.3) is 0 Å². The van der Waals surface area contributed by atoms with E-state index in [-0.39, 0.29) is 0 Å². The van der Waals surface area contributed by atoms with E-state index in [4.69, 9.17) is 5.73 Å². The normalized spacial score (nSPS) is 38.5. The average Bonchev–Trinajstić information content (AvgIpc) is 2.75. The second-order valence-electron chi connectivity index (χ2n) is 6.68. The lowest BCUT2D eigenvalue weighted by Gasteiger charge is -2.48. The molecule has 2 N–H and O–H groups in total. The summed E-state index contributed by atoms with van der Waals surface area (Å²) in [6, 6.07) is 0.697. The predicted octanol–water partition coefficient (Wildman–Crippen LogP) is 2.31. The fourth-order valence-electron chi connectivity index (χ4n) is 4.65. The summed E-state index contributed by atoms with van der Waals surface area (Å²) < 4.78 is 0. The highest BCUT2D eigenvalue weighted by Crippen LogP contribution is 2.43. The van der Waals surface area contributed by atoms with E-state index in [1.54, 1.807) is 0 Å². The SMILES string of the molecule is CCC1CN(C)CCCN1C1(CN)CCCC1CC. The van der Waals surface area contributed by atoms with E-state index >= 15 is 0 Å². The predicted molar refractivity (Wildman–Crippen MR) is 82.3 cm³/mol. The summed E-state index contributed by atoms with van der Waals surface area (Å²) in [5.74, 6) is 0.815. The molecule has 1 aliphatic carbocycles. The Morgan fingerprint density at radius 2 is 1.95 bits per heavy atom. The molecule has 0 radical (unpaired) electrons. The maximum atomic E-state index is 6.31. The van der Waals surface area contributed by atoms with Gasteiger partial charge in [-0.1, -0.05) is 26.7 Å². The molecule has 1 heterocycles. The van der Waals surface area contributed by atoms with Crippen LogP contribution in [0.15, 0.2) is 0 Å². The second kappa shape index (κ2) is 6.55. The van der Waals surface area contributed by atoms with Crippen LogP contribution in [0.1, 0.15) is 52.4 Å². The number of nitrogens with zero attached hydrogens (tertiary/aromatic N) is 2. The van der Waals surface area contributed by atoms with Crippen molar-refractivity contribution in [1.82, 2.24) is 9.80 Å². The fourth-order valence-corrected chi connectivity index (χ4v) is 4.65. The number of hydrogen-bond acceptors (Lipinski definition) is 3. The molecule has 3 unspecified atom stereocenters. The quantitative estimate of drug-likeness (QED) is 0.848. The Kier molecular flexibility index (Phi) is 5.27. The first-order chi connectivity index (χ1) is 9.17. The Bertz CT molecular complexity index is 281. The second-order valence-corrected chi connectivity index (χ2v) is 6.68. The minimum atomic E-state index is 0.306. The van der Waals surface area contributed by atoms with E-state index in [0.717, 1.165) is 12.5 Å². The van der Waals surface area contributed by atoms with Gasteiger partial charge in [0.1, 0.15) is 0 Å². The molecule has 0 spiro atoms. The van der Waals surface area contributed by atoms with Gasteiger partial charge in [-0.25, -0.2) is 0 Å². The number of likely N-dealkylation sites (N-methyl/N-ethyl adjacent to an activating group) is 1. The first kappa shape index (κ1) is 15.3. The van der Waals surface area contributed by atoms with E-state index < -0.39 is 0 Å². The zero-order valence-electron chi connectivity index (χ0n) is 13.2. The minimum Gasteiger partial charge on any atom is -0.329 e. The maximum absolute atomic E-state index is 6.31. The summed E-state index contributed by atoms with van der Waals surface area (Å²) in [5, 5.41) is 0. The molecule has 1 saturated carbocycles. The minimum absolute atomic E-state index is 0.306. The third-order valence-electron chi connectivity index (χ3n) is 5.71. The Hall–Kier alpha value is -0.120. The van der Waals surface area contributed by atoms with Gasteiger partial charge < -0.3 is 10.6 Å². The van der Waals surface area contributed by atoms with Crippen LogP contribution < -0.4 is 5.73 Å². The van der Waals surface area contributed by atoms with Crippen LogP contribution in [0.4, 0.5) is 0 Å². The third-order valence-corrected chi connectivity index (χ3v) is 5.71. The summed E-state index contributed by atoms with van der Waals surface area (Å²) in [6.45, 7) is 9.25. The van der Waals surface area contributed by atoms with Crippen LogP contribution in [0.2, 0.25) is 0 Å². The molecule has 2 fully saturated rings. The summed E-state index contributed by atoms with van der Waals surface area (Å²) in [5.41, 5.74) is 6.62. The molecule has 0 bridgehead atoms. The Labute approximate surface area is 119 Å². The van der Waals surface area contributed by atoms with E-state index in [0.29, 0.717) is 11.6 Å². The number of rotatable bonds is 4. The molecular formula is C16H33N3. The van der Waals surface area contributed by atoms with Gasteiger partial charge in [-0.3, -0.25) is 4.90 Å². The van der Waals surface area contributed by atoms with Gasteiger partial charge in [0.05, 0.1) is 0 Å². The topological polar surface area (TPSA) is 32.5 Å². The van der Waals surface area contributed by atoms with E-state index in [1.807, 2.05) is 0 Å². The largest absolute Gasteiger partial charge is 0.329 e. The summed E-state index contributed by atoms with van der Waals surface area (Å²) >= 11 is 0. The van der Waals surface area contributed by atoms with Crippen LogP contribution in [0, 0.1) is 5.92 Å². The van der Waals surface area contributed by atoms with Gasteiger partial charge in [0.15, 0.2) is 0 Å². The number of hydrogen-bond donors (Lipinski definition) is 1. The molecule has 0 aromatic carbocycles. The van der Waals surface area contributed by atoms with E-state index in [2.05, 4.69) is 30.7 Å². The maximum Gasteiger partial charge on any atom is 0.0363 e. The zero-order chi connectivity index (χ0) is 13.9. The van der Waals surface area contributed by atoms with Crippen molar-refractivity contribution < 1.29 is 0 Å². The van der Waals surface area contributed by atoms with Crippen molar-refractivity contribution in [3.8, 4) is 0 Å². The van der Waals surface area contributed by atoms with Crippen molar-refractivity contribution in [1.29, 1.82) is 0 Å². The highest BCUT2D eigenvalue weighted by atomic mass is 15.3. The van der Waals surface area contributed by atoms with Crippen LogP contribution in [0.5, 0.6) is 0 Å². The Balaban J connectivity index is 2.24. The van der Waals surface area contributed by atoms with Crippen molar-refractivity contribution >= 4 is 0 Å². The van der Waals surface area contributed by atoms with E-state index in [1.165, 1.54) is 58.2 Å². The standard InChI is InChI=1S/C16H33N3/c1-4-14-8-6-9-16(14,13-17)19-11-7-10-18(3)12-15(19)5-2/h14-15H,4-13,17H2,1-3H3. The van der Waals surface area contributed by atoms with Gasteiger partial charge in [0.2, 0.25) is 0 Å². The van der Waals surface area contributed by atoms with Gasteiger partial charge in [-0.2, -0.15) is 0 Å². The summed E-state index contributed by atoms with van der Waals surface area (Å²) in [4.78, 5) is 5.34. The molecule has 2 aliphatic rings. The lowest BCUT2D eigenvalue weighted by molar-refractivity contribution is 0.0167. The fraction of sp³-hybridized carbons (Fsp3) is 1.00. The smallest absolute Gasteiger partial charge is 0.0363 e. The first-order valence-corrected chi connectivity index (χ1v) is 8.33. The van der Waals surface area contributed by atoms with Crippen LogP contribution >= 0.6 is 0 Å². The molecular weight excluding hydrogens is 234 g/mol. The number of nitrogens with two attached hydrogens (primary N) is 1. The van der Waals surface area contributed by atoms with Crippen LogP contribution in [0.3, 0.4) is 0 Å². The van der Waals surface area contributed by atoms with Gasteiger partial charge in [-0.15, -0.1) is 0 Å². The van der Waals surface area contributed by atoms with E-state index in [9.17, 15) is 0 Å². The van der Waals surface area contributed by atoms with Crippen molar-refractivity contribution in [3.05, 3.63) is 0 Å². The molecule has 0 aromatic rings. The van der Waals surface area contributed by atoms with Crippen LogP contribution in [0.25, 0.3) is 0 Å². The molecule has 2 rings (SSSR count). The summed E-state index contributed by atoms with van der Waals surface area (Å²) in [7, 11) is 2.27. The summed E-state index contributed by atoms with van der Waals surface area (Å²) in [6.07, 6.45) is 7.92. The van der Waals surface area contributed by atoms with Gasteiger partial charge in [0, 0.05) is 31.2 Å². The molecule has 1 aliphatic heterocycles. The average molecular weight is 267 g/mol. The van der Waals surface area contributed by atoms with Crippen molar-refractivity contribution in [2.45, 2.75) is 64.0 Å². The lowest BCUT2D eigenvalue weighted by Crippen LogP contribution is -2.60. The molecule has 3 atom stereocenters. The Morgan fingerprint density at radius 1 is 1.16 bits per heavy atom. The van der Waals surface area contributed by atoms with Crippen LogP contribution in [-0.2, 0) is 0 Å². The Morgan fingerprint density at radius 3 is 2.58 bits per heavy atom. The molecule has 112 valence electrons. The highest BCUT2D eigenvalue weighted by molar-refractivity contribution is 5.04. The van der Waals surface area contributed by atoms with Gasteiger partial charge in [-0.05, 0) is 45.2 Å². The highest BCUT2D eigenvalue weighted by Gasteiger charge is 2.47. The molecule has 19 heavy (non-hydrogen) atoms. The molecule has 1 saturated heterocycles. The van der Waals surface area contributed by atoms with Crippen molar-refractivity contribution in [2.75, 3.05) is 33.2 Å². The molecule has 0 aromatic heterocycles. The van der Waals surface area contributed by atoms with Crippen molar-refractivity contribution in [3.63, 3.8) is 0 Å². The lowest BCUT2D eigenvalue weighted by atomic mass is 9.82. The first-order valence-electron chi connectivity index (χ1n) is 8.33. The van der Waals surface area contributed by atoms with Crippen LogP contribution in [-0.4, -0.2) is 54.6 Å². The molecule has 3 heteroatoms.